The predicted molar refractivity (Wildman–Crippen MR) is 79.3 cm³/mol. The van der Waals surface area contributed by atoms with Crippen LogP contribution in [0, 0.1) is 0 Å². The van der Waals surface area contributed by atoms with Gasteiger partial charge in [-0.1, -0.05) is 28.9 Å². The Hall–Kier alpha value is -1.92. The number of nitrogens with zero attached hydrogens (tertiary/aromatic N) is 3. The number of nitrogens with one attached hydrogen (secondary N) is 2. The zero-order valence-corrected chi connectivity index (χ0v) is 12.3. The molecule has 1 fully saturated rings. The van der Waals surface area contributed by atoms with Crippen LogP contribution in [0.15, 0.2) is 30.5 Å². The number of benzene rings is 1. The van der Waals surface area contributed by atoms with Gasteiger partial charge in [-0.15, -0.1) is 5.10 Å². The Morgan fingerprint density at radius 1 is 1.52 bits per heavy atom. The average Bonchev–Trinajstić information content (AvgIpc) is 2.86. The molecule has 1 aromatic carbocycles. The molecular formula is C14H16ClN5O. The minimum absolute atomic E-state index is 0.147. The number of rotatable bonds is 4. The van der Waals surface area contributed by atoms with Gasteiger partial charge in [-0.25, -0.2) is 4.68 Å². The third kappa shape index (κ3) is 3.06. The van der Waals surface area contributed by atoms with Crippen molar-refractivity contribution in [2.45, 2.75) is 19.0 Å². The second-order valence-corrected chi connectivity index (χ2v) is 5.58. The van der Waals surface area contributed by atoms with Crippen LogP contribution in [0.25, 0.3) is 0 Å². The first-order chi connectivity index (χ1) is 10.1. The monoisotopic (exact) mass is 305 g/mol. The first kappa shape index (κ1) is 14.0. The Kier molecular flexibility index (Phi) is 3.90. The van der Waals surface area contributed by atoms with Crippen LogP contribution in [0.4, 0.5) is 0 Å². The maximum absolute atomic E-state index is 12.2. The molecule has 6 nitrogen and oxygen atoms in total. The molecule has 0 unspecified atom stereocenters. The normalized spacial score (nSPS) is 16.3. The predicted octanol–water partition coefficient (Wildman–Crippen LogP) is 1.57. The van der Waals surface area contributed by atoms with E-state index in [1.54, 1.807) is 16.9 Å². The van der Waals surface area contributed by atoms with Gasteiger partial charge < -0.3 is 10.6 Å². The Bertz CT molecular complexity index is 652. The molecule has 0 saturated carbocycles. The summed E-state index contributed by atoms with van der Waals surface area (Å²) in [4.78, 5) is 12.2. The molecule has 21 heavy (non-hydrogen) atoms. The molecule has 2 N–H and O–H groups in total. The summed E-state index contributed by atoms with van der Waals surface area (Å²) in [7, 11) is 0. The summed E-state index contributed by atoms with van der Waals surface area (Å²) in [6.07, 6.45) is 1.69. The third-order valence-electron chi connectivity index (χ3n) is 3.57. The van der Waals surface area contributed by atoms with Gasteiger partial charge in [0.1, 0.15) is 0 Å². The van der Waals surface area contributed by atoms with Gasteiger partial charge in [0.25, 0.3) is 5.91 Å². The fourth-order valence-electron chi connectivity index (χ4n) is 2.15. The van der Waals surface area contributed by atoms with Crippen molar-refractivity contribution in [1.82, 2.24) is 25.6 Å². The Balaban J connectivity index is 1.66. The van der Waals surface area contributed by atoms with Crippen LogP contribution in [0.3, 0.4) is 0 Å². The molecule has 0 aliphatic carbocycles. The summed E-state index contributed by atoms with van der Waals surface area (Å²) in [6, 6.07) is 7.57. The molecule has 1 saturated heterocycles. The van der Waals surface area contributed by atoms with Crippen molar-refractivity contribution in [3.8, 4) is 0 Å². The lowest BCUT2D eigenvalue weighted by atomic mass is 10.1. The molecular weight excluding hydrogens is 290 g/mol. The van der Waals surface area contributed by atoms with Crippen molar-refractivity contribution in [3.63, 3.8) is 0 Å². The van der Waals surface area contributed by atoms with E-state index in [0.717, 1.165) is 18.7 Å². The van der Waals surface area contributed by atoms with Crippen molar-refractivity contribution in [2.75, 3.05) is 13.1 Å². The zero-order chi connectivity index (χ0) is 14.8. The molecule has 0 bridgehead atoms. The number of halogens is 1. The van der Waals surface area contributed by atoms with Crippen molar-refractivity contribution in [1.29, 1.82) is 0 Å². The largest absolute Gasteiger partial charge is 0.344 e. The van der Waals surface area contributed by atoms with Gasteiger partial charge in [-0.2, -0.15) is 0 Å². The lowest BCUT2D eigenvalue weighted by Crippen LogP contribution is -2.43. The molecule has 2 heterocycles. The van der Waals surface area contributed by atoms with Crippen LogP contribution < -0.4 is 10.6 Å². The summed E-state index contributed by atoms with van der Waals surface area (Å²) < 4.78 is 1.73. The highest BCUT2D eigenvalue weighted by Gasteiger charge is 2.22. The lowest BCUT2D eigenvalue weighted by Gasteiger charge is -2.26. The summed E-state index contributed by atoms with van der Waals surface area (Å²) in [6.45, 7) is 3.64. The van der Waals surface area contributed by atoms with E-state index in [4.69, 9.17) is 11.6 Å². The molecule has 110 valence electrons. The van der Waals surface area contributed by atoms with Gasteiger partial charge in [0.05, 0.1) is 18.3 Å². The minimum atomic E-state index is -0.235. The molecule has 1 aliphatic rings. The van der Waals surface area contributed by atoms with Crippen molar-refractivity contribution in [3.05, 3.63) is 46.7 Å². The van der Waals surface area contributed by atoms with Crippen LogP contribution in [-0.2, 0) is 0 Å². The molecule has 0 radical (unpaired) electrons. The second kappa shape index (κ2) is 5.83. The van der Waals surface area contributed by atoms with E-state index in [0.29, 0.717) is 16.8 Å². The van der Waals surface area contributed by atoms with Gasteiger partial charge in [-0.05, 0) is 24.6 Å². The third-order valence-corrected chi connectivity index (χ3v) is 3.81. The van der Waals surface area contributed by atoms with E-state index in [2.05, 4.69) is 20.9 Å². The highest BCUT2D eigenvalue weighted by Crippen LogP contribution is 2.18. The minimum Gasteiger partial charge on any atom is -0.344 e. The van der Waals surface area contributed by atoms with E-state index in [9.17, 15) is 4.79 Å². The maximum atomic E-state index is 12.2. The zero-order valence-electron chi connectivity index (χ0n) is 11.6. The molecule has 1 aromatic heterocycles. The van der Waals surface area contributed by atoms with E-state index in [1.807, 2.05) is 25.1 Å². The van der Waals surface area contributed by atoms with E-state index >= 15 is 0 Å². The summed E-state index contributed by atoms with van der Waals surface area (Å²) in [5.74, 6) is -0.235. The Labute approximate surface area is 127 Å². The molecule has 1 amide bonds. The number of carbonyl (C=O) groups excluding carboxylic acids is 1. The average molecular weight is 306 g/mol. The highest BCUT2D eigenvalue weighted by atomic mass is 35.5. The van der Waals surface area contributed by atoms with E-state index < -0.39 is 0 Å². The van der Waals surface area contributed by atoms with Gasteiger partial charge in [0.15, 0.2) is 5.69 Å². The SMILES string of the molecule is C[C@@H](NC(=O)c1cn(C2CNC2)nn1)c1cccc(Cl)c1. The first-order valence-corrected chi connectivity index (χ1v) is 7.20. The fraction of sp³-hybridized carbons (Fsp3) is 0.357. The van der Waals surface area contributed by atoms with Crippen LogP contribution in [0.2, 0.25) is 5.02 Å². The molecule has 1 aliphatic heterocycles. The topological polar surface area (TPSA) is 71.8 Å². The highest BCUT2D eigenvalue weighted by molar-refractivity contribution is 6.30. The van der Waals surface area contributed by atoms with Crippen molar-refractivity contribution >= 4 is 17.5 Å². The quantitative estimate of drug-likeness (QED) is 0.899. The lowest BCUT2D eigenvalue weighted by molar-refractivity contribution is 0.0934. The van der Waals surface area contributed by atoms with Gasteiger partial charge in [0.2, 0.25) is 0 Å². The Morgan fingerprint density at radius 3 is 3.00 bits per heavy atom. The second-order valence-electron chi connectivity index (χ2n) is 5.15. The molecule has 1 atom stereocenters. The van der Waals surface area contributed by atoms with E-state index in [1.165, 1.54) is 0 Å². The first-order valence-electron chi connectivity index (χ1n) is 6.82. The number of amides is 1. The molecule has 0 spiro atoms. The fourth-order valence-corrected chi connectivity index (χ4v) is 2.35. The van der Waals surface area contributed by atoms with E-state index in [-0.39, 0.29) is 11.9 Å². The number of aromatic nitrogens is 3. The standard InChI is InChI=1S/C14H16ClN5O/c1-9(10-3-2-4-11(15)5-10)17-14(21)13-8-20(19-18-13)12-6-16-7-12/h2-5,8-9,12,16H,6-7H2,1H3,(H,17,21)/t9-/m1/s1. The van der Waals surface area contributed by atoms with Crippen LogP contribution >= 0.6 is 11.6 Å². The van der Waals surface area contributed by atoms with Gasteiger partial charge in [0, 0.05) is 18.1 Å². The smallest absolute Gasteiger partial charge is 0.273 e. The summed E-state index contributed by atoms with van der Waals surface area (Å²) in [5.41, 5.74) is 1.28. The van der Waals surface area contributed by atoms with Crippen LogP contribution in [0.1, 0.15) is 35.1 Å². The summed E-state index contributed by atoms with van der Waals surface area (Å²) >= 11 is 5.96. The van der Waals surface area contributed by atoms with Crippen molar-refractivity contribution < 1.29 is 4.79 Å². The molecule has 7 heteroatoms. The molecule has 2 aromatic rings. The van der Waals surface area contributed by atoms with Crippen LogP contribution in [-0.4, -0.2) is 34.0 Å². The summed E-state index contributed by atoms with van der Waals surface area (Å²) in [5, 5.41) is 14.6. The number of hydrogen-bond donors (Lipinski definition) is 2. The van der Waals surface area contributed by atoms with Gasteiger partial charge >= 0.3 is 0 Å². The van der Waals surface area contributed by atoms with Gasteiger partial charge in [-0.3, -0.25) is 4.79 Å². The number of carbonyl (C=O) groups is 1. The van der Waals surface area contributed by atoms with Crippen molar-refractivity contribution in [2.24, 2.45) is 0 Å². The molecule has 3 rings (SSSR count). The Morgan fingerprint density at radius 2 is 2.33 bits per heavy atom. The maximum Gasteiger partial charge on any atom is 0.273 e. The van der Waals surface area contributed by atoms with Crippen LogP contribution in [0.5, 0.6) is 0 Å². The number of hydrogen-bond acceptors (Lipinski definition) is 4.